The van der Waals surface area contributed by atoms with Crippen molar-refractivity contribution in [1.29, 1.82) is 0 Å². The van der Waals surface area contributed by atoms with Crippen LogP contribution in [-0.4, -0.2) is 41.3 Å². The molecule has 0 bridgehead atoms. The van der Waals surface area contributed by atoms with Crippen LogP contribution < -0.4 is 14.8 Å². The molecule has 32 heavy (non-hydrogen) atoms. The maximum Gasteiger partial charge on any atom is 0.160 e. The number of nitrogens with zero attached hydrogens (tertiary/aromatic N) is 3. The van der Waals surface area contributed by atoms with Gasteiger partial charge in [0.1, 0.15) is 17.0 Å². The second-order valence-corrected chi connectivity index (χ2v) is 9.54. The molecule has 0 spiro atoms. The number of nitrogens with one attached hydrogen (secondary N) is 1. The van der Waals surface area contributed by atoms with E-state index in [9.17, 15) is 0 Å². The maximum atomic E-state index is 5.98. The predicted molar refractivity (Wildman–Crippen MR) is 127 cm³/mol. The minimum atomic E-state index is -0.180. The third-order valence-electron chi connectivity index (χ3n) is 5.78. The second-order valence-electron chi connectivity index (χ2n) is 8.54. The number of anilines is 1. The summed E-state index contributed by atoms with van der Waals surface area (Å²) in [5, 5.41) is 4.55. The number of pyridine rings is 1. The Kier molecular flexibility index (Phi) is 5.35. The number of ether oxygens (including phenoxy) is 3. The molecule has 1 aliphatic rings. The molecule has 1 aromatic carbocycles. The fourth-order valence-corrected chi connectivity index (χ4v) is 5.17. The quantitative estimate of drug-likeness (QED) is 0.454. The number of thiophene rings is 1. The van der Waals surface area contributed by atoms with Gasteiger partial charge in [-0.1, -0.05) is 6.07 Å². The lowest BCUT2D eigenvalue weighted by Crippen LogP contribution is -2.32. The summed E-state index contributed by atoms with van der Waals surface area (Å²) >= 11 is 1.64. The summed E-state index contributed by atoms with van der Waals surface area (Å²) in [5.41, 5.74) is 4.19. The Labute approximate surface area is 190 Å². The van der Waals surface area contributed by atoms with E-state index in [-0.39, 0.29) is 5.60 Å². The van der Waals surface area contributed by atoms with E-state index < -0.39 is 0 Å². The van der Waals surface area contributed by atoms with E-state index in [1.807, 2.05) is 12.1 Å². The van der Waals surface area contributed by atoms with Crippen molar-refractivity contribution in [1.82, 2.24) is 15.0 Å². The Bertz CT molecular complexity index is 1300. The minimum absolute atomic E-state index is 0.180. The monoisotopic (exact) mass is 450 g/mol. The first-order valence-electron chi connectivity index (χ1n) is 10.6. The molecule has 0 unspecified atom stereocenters. The molecular formula is C24H26N4O3S. The van der Waals surface area contributed by atoms with Gasteiger partial charge in [0.2, 0.25) is 0 Å². The van der Waals surface area contributed by atoms with Crippen LogP contribution in [0.4, 0.5) is 5.82 Å². The summed E-state index contributed by atoms with van der Waals surface area (Å²) in [6.45, 7) is 5.54. The summed E-state index contributed by atoms with van der Waals surface area (Å²) < 4.78 is 17.7. The third-order valence-corrected chi connectivity index (χ3v) is 6.87. The van der Waals surface area contributed by atoms with Crippen LogP contribution in [0.15, 0.2) is 30.6 Å². The molecule has 0 saturated carbocycles. The SMILES string of the molecule is COc1ccc(CCNc2ncnc3c2sc2nc4c(cc23)COC(C)(C)C4)cc1OC. The lowest BCUT2D eigenvalue weighted by atomic mass is 9.95. The van der Waals surface area contributed by atoms with E-state index in [4.69, 9.17) is 19.2 Å². The lowest BCUT2D eigenvalue weighted by molar-refractivity contribution is -0.0411. The van der Waals surface area contributed by atoms with Gasteiger partial charge in [0.05, 0.1) is 42.3 Å². The molecule has 0 atom stereocenters. The number of benzene rings is 1. The van der Waals surface area contributed by atoms with E-state index in [0.29, 0.717) is 6.61 Å². The van der Waals surface area contributed by atoms with Gasteiger partial charge in [0.15, 0.2) is 11.5 Å². The van der Waals surface area contributed by atoms with Crippen molar-refractivity contribution >= 4 is 37.6 Å². The normalized spacial score (nSPS) is 15.0. The first-order valence-corrected chi connectivity index (χ1v) is 11.4. The number of methoxy groups -OCH3 is 2. The summed E-state index contributed by atoms with van der Waals surface area (Å²) in [5.74, 6) is 2.31. The van der Waals surface area contributed by atoms with Crippen LogP contribution in [0.3, 0.4) is 0 Å². The molecule has 4 aromatic rings. The van der Waals surface area contributed by atoms with Gasteiger partial charge in [-0.3, -0.25) is 0 Å². The zero-order chi connectivity index (χ0) is 22.3. The number of hydrogen-bond donors (Lipinski definition) is 1. The molecule has 0 fully saturated rings. The number of aromatic nitrogens is 3. The van der Waals surface area contributed by atoms with Crippen LogP contribution in [0.1, 0.15) is 30.7 Å². The average molecular weight is 451 g/mol. The zero-order valence-corrected chi connectivity index (χ0v) is 19.5. The van der Waals surface area contributed by atoms with Crippen molar-refractivity contribution in [2.45, 2.75) is 38.9 Å². The van der Waals surface area contributed by atoms with Crippen molar-refractivity contribution in [3.05, 3.63) is 47.4 Å². The van der Waals surface area contributed by atoms with Crippen LogP contribution >= 0.6 is 11.3 Å². The molecule has 0 radical (unpaired) electrons. The largest absolute Gasteiger partial charge is 0.493 e. The van der Waals surface area contributed by atoms with E-state index in [1.165, 1.54) is 0 Å². The molecule has 0 aliphatic carbocycles. The molecule has 1 aliphatic heterocycles. The predicted octanol–water partition coefficient (Wildman–Crippen LogP) is 4.76. The van der Waals surface area contributed by atoms with Gasteiger partial charge in [-0.05, 0) is 44.0 Å². The highest BCUT2D eigenvalue weighted by molar-refractivity contribution is 7.25. The number of fused-ring (bicyclic) bond motifs is 4. The molecule has 5 rings (SSSR count). The topological polar surface area (TPSA) is 78.4 Å². The van der Waals surface area contributed by atoms with Crippen LogP contribution in [-0.2, 0) is 24.2 Å². The van der Waals surface area contributed by atoms with Crippen molar-refractivity contribution in [3.63, 3.8) is 0 Å². The van der Waals surface area contributed by atoms with E-state index in [1.54, 1.807) is 31.9 Å². The van der Waals surface area contributed by atoms with Crippen LogP contribution in [0.2, 0.25) is 0 Å². The van der Waals surface area contributed by atoms with Gasteiger partial charge in [-0.25, -0.2) is 15.0 Å². The minimum Gasteiger partial charge on any atom is -0.493 e. The summed E-state index contributed by atoms with van der Waals surface area (Å²) in [6, 6.07) is 8.18. The fraction of sp³-hybridized carbons (Fsp3) is 0.375. The van der Waals surface area contributed by atoms with Crippen molar-refractivity contribution in [3.8, 4) is 11.5 Å². The van der Waals surface area contributed by atoms with Crippen molar-refractivity contribution in [2.24, 2.45) is 0 Å². The average Bonchev–Trinajstić information content (AvgIpc) is 3.15. The summed E-state index contributed by atoms with van der Waals surface area (Å²) in [4.78, 5) is 15.0. The first-order chi connectivity index (χ1) is 15.5. The zero-order valence-electron chi connectivity index (χ0n) is 18.7. The molecule has 0 saturated heterocycles. The maximum absolute atomic E-state index is 5.98. The molecule has 4 heterocycles. The Morgan fingerprint density at radius 2 is 1.97 bits per heavy atom. The van der Waals surface area contributed by atoms with Crippen LogP contribution in [0.25, 0.3) is 20.4 Å². The first kappa shape index (κ1) is 20.9. The Balaban J connectivity index is 1.40. The Morgan fingerprint density at radius 3 is 2.78 bits per heavy atom. The summed E-state index contributed by atoms with van der Waals surface area (Å²) in [7, 11) is 3.29. The van der Waals surface area contributed by atoms with Gasteiger partial charge in [0.25, 0.3) is 0 Å². The third kappa shape index (κ3) is 3.84. The highest BCUT2D eigenvalue weighted by Crippen LogP contribution is 2.38. The molecule has 7 nitrogen and oxygen atoms in total. The molecule has 1 N–H and O–H groups in total. The highest BCUT2D eigenvalue weighted by Gasteiger charge is 2.28. The highest BCUT2D eigenvalue weighted by atomic mass is 32.1. The number of hydrogen-bond acceptors (Lipinski definition) is 8. The molecule has 166 valence electrons. The molecule has 0 amide bonds. The van der Waals surface area contributed by atoms with Crippen molar-refractivity contribution < 1.29 is 14.2 Å². The second kappa shape index (κ2) is 8.18. The summed E-state index contributed by atoms with van der Waals surface area (Å²) in [6.07, 6.45) is 3.26. The molecule has 8 heteroatoms. The lowest BCUT2D eigenvalue weighted by Gasteiger charge is -2.30. The van der Waals surface area contributed by atoms with E-state index in [0.717, 1.165) is 74.0 Å². The van der Waals surface area contributed by atoms with Crippen LogP contribution in [0, 0.1) is 0 Å². The molecular weight excluding hydrogens is 424 g/mol. The van der Waals surface area contributed by atoms with Crippen LogP contribution in [0.5, 0.6) is 11.5 Å². The smallest absolute Gasteiger partial charge is 0.160 e. The van der Waals surface area contributed by atoms with Crippen molar-refractivity contribution in [2.75, 3.05) is 26.1 Å². The van der Waals surface area contributed by atoms with Gasteiger partial charge in [-0.15, -0.1) is 11.3 Å². The fourth-order valence-electron chi connectivity index (χ4n) is 4.07. The number of rotatable bonds is 6. The Hall–Kier alpha value is -2.97. The van der Waals surface area contributed by atoms with E-state index in [2.05, 4.69) is 41.3 Å². The van der Waals surface area contributed by atoms with Gasteiger partial charge >= 0.3 is 0 Å². The Morgan fingerprint density at radius 1 is 1.12 bits per heavy atom. The standard InChI is InChI=1S/C24H26N4O3S/c1-24(2)11-17-15(12-31-24)10-16-20-21(32-23(16)28-17)22(27-13-26-20)25-8-7-14-5-6-18(29-3)19(9-14)30-4/h5-6,9-10,13H,7-8,11-12H2,1-4H3,(H,25,26,27). The molecule has 3 aromatic heterocycles. The van der Waals surface area contributed by atoms with Gasteiger partial charge in [0, 0.05) is 23.9 Å². The van der Waals surface area contributed by atoms with Gasteiger partial charge < -0.3 is 19.5 Å². The van der Waals surface area contributed by atoms with Gasteiger partial charge in [-0.2, -0.15) is 0 Å². The van der Waals surface area contributed by atoms with E-state index >= 15 is 0 Å².